The van der Waals surface area contributed by atoms with Gasteiger partial charge in [0.15, 0.2) is 0 Å². The molecule has 8 nitrogen and oxygen atoms in total. The van der Waals surface area contributed by atoms with Crippen LogP contribution in [0.3, 0.4) is 0 Å². The predicted octanol–water partition coefficient (Wildman–Crippen LogP) is 6.84. The fourth-order valence-corrected chi connectivity index (χ4v) is 5.96. The predicted molar refractivity (Wildman–Crippen MR) is 172 cm³/mol. The Morgan fingerprint density at radius 2 is 1.82 bits per heavy atom. The molecule has 0 aliphatic rings. The average Bonchev–Trinajstić information content (AvgIpc) is 3.69. The van der Waals surface area contributed by atoms with E-state index < -0.39 is 0 Å². The molecular weight excluding hydrogens is 592 g/mol. The molecule has 0 atom stereocenters. The summed E-state index contributed by atoms with van der Waals surface area (Å²) in [5.74, 6) is -0.391. The number of nitrogens with zero attached hydrogens (tertiary/aromatic N) is 5. The Labute approximate surface area is 262 Å². The third kappa shape index (κ3) is 6.52. The molecule has 6 rings (SSSR count). The van der Waals surface area contributed by atoms with Gasteiger partial charge >= 0.3 is 0 Å². The maximum atomic E-state index is 14.0. The first-order chi connectivity index (χ1) is 21.5. The summed E-state index contributed by atoms with van der Waals surface area (Å²) in [6.45, 7) is 1.15. The summed E-state index contributed by atoms with van der Waals surface area (Å²) in [4.78, 5) is 37.6. The van der Waals surface area contributed by atoms with E-state index in [1.54, 1.807) is 66.2 Å². The number of thiophene rings is 1. The molecule has 0 radical (unpaired) electrons. The number of anilines is 1. The molecule has 0 unspecified atom stereocenters. The molecule has 0 saturated carbocycles. The molecule has 6 aromatic rings. The van der Waals surface area contributed by atoms with Crippen molar-refractivity contribution in [2.45, 2.75) is 19.6 Å². The SMILES string of the molecule is N#Cc1ccc(Cn2cncc2CN(C(=O)c2cccc(Cl)c2)c2ccc3sc(C(=O)NCc4cccnc4)cc3c2)cc1. The number of hydrogen-bond acceptors (Lipinski definition) is 6. The second kappa shape index (κ2) is 12.9. The van der Waals surface area contributed by atoms with Crippen LogP contribution in [0.2, 0.25) is 5.02 Å². The number of halogens is 1. The number of nitriles is 1. The van der Waals surface area contributed by atoms with Crippen molar-refractivity contribution >= 4 is 50.5 Å². The largest absolute Gasteiger partial charge is 0.347 e. The van der Waals surface area contributed by atoms with E-state index in [1.807, 2.05) is 53.1 Å². The minimum absolute atomic E-state index is 0.171. The van der Waals surface area contributed by atoms with Gasteiger partial charge in [0.25, 0.3) is 11.8 Å². The Morgan fingerprint density at radius 3 is 2.59 bits per heavy atom. The Bertz CT molecular complexity index is 2000. The third-order valence-corrected chi connectivity index (χ3v) is 8.43. The lowest BCUT2D eigenvalue weighted by Crippen LogP contribution is -2.31. The lowest BCUT2D eigenvalue weighted by atomic mass is 10.1. The van der Waals surface area contributed by atoms with Crippen molar-refractivity contribution in [2.75, 3.05) is 4.90 Å². The van der Waals surface area contributed by atoms with Crippen molar-refractivity contribution < 1.29 is 9.59 Å². The lowest BCUT2D eigenvalue weighted by molar-refractivity contribution is 0.0953. The number of aromatic nitrogens is 3. The molecule has 3 aromatic heterocycles. The molecule has 0 saturated heterocycles. The number of nitrogens with one attached hydrogen (secondary N) is 1. The van der Waals surface area contributed by atoms with Crippen molar-refractivity contribution in [3.8, 4) is 6.07 Å². The van der Waals surface area contributed by atoms with Crippen LogP contribution in [0.4, 0.5) is 5.69 Å². The maximum Gasteiger partial charge on any atom is 0.261 e. The Balaban J connectivity index is 1.29. The van der Waals surface area contributed by atoms with Crippen molar-refractivity contribution in [2.24, 2.45) is 0 Å². The van der Waals surface area contributed by atoms with Crippen molar-refractivity contribution in [1.82, 2.24) is 19.9 Å². The molecule has 10 heteroatoms. The number of amides is 2. The van der Waals surface area contributed by atoms with Gasteiger partial charge in [0.2, 0.25) is 0 Å². The highest BCUT2D eigenvalue weighted by atomic mass is 35.5. The molecule has 0 aliphatic heterocycles. The van der Waals surface area contributed by atoms with E-state index >= 15 is 0 Å². The molecule has 3 heterocycles. The highest BCUT2D eigenvalue weighted by Gasteiger charge is 2.22. The molecule has 0 bridgehead atoms. The van der Waals surface area contributed by atoms with Crippen molar-refractivity contribution in [1.29, 1.82) is 5.26 Å². The van der Waals surface area contributed by atoms with Crippen LogP contribution in [-0.2, 0) is 19.6 Å². The summed E-state index contributed by atoms with van der Waals surface area (Å²) < 4.78 is 2.91. The first-order valence-electron chi connectivity index (χ1n) is 13.7. The van der Waals surface area contributed by atoms with Gasteiger partial charge in [-0.1, -0.05) is 35.9 Å². The van der Waals surface area contributed by atoms with Gasteiger partial charge in [0.1, 0.15) is 0 Å². The first kappa shape index (κ1) is 28.8. The van der Waals surface area contributed by atoms with E-state index in [4.69, 9.17) is 16.9 Å². The normalized spacial score (nSPS) is 10.8. The van der Waals surface area contributed by atoms with E-state index in [2.05, 4.69) is 21.4 Å². The zero-order valence-corrected chi connectivity index (χ0v) is 24.9. The average molecular weight is 617 g/mol. The smallest absolute Gasteiger partial charge is 0.261 e. The van der Waals surface area contributed by atoms with E-state index in [0.29, 0.717) is 39.8 Å². The minimum atomic E-state index is -0.220. The monoisotopic (exact) mass is 616 g/mol. The summed E-state index contributed by atoms with van der Waals surface area (Å²) in [6.07, 6.45) is 6.89. The van der Waals surface area contributed by atoms with Gasteiger partial charge in [-0.2, -0.15) is 5.26 Å². The number of benzene rings is 3. The van der Waals surface area contributed by atoms with E-state index in [1.165, 1.54) is 11.3 Å². The highest BCUT2D eigenvalue weighted by molar-refractivity contribution is 7.20. The van der Waals surface area contributed by atoms with Gasteiger partial charge in [-0.3, -0.25) is 14.6 Å². The number of pyridine rings is 1. The molecule has 0 spiro atoms. The van der Waals surface area contributed by atoms with Crippen LogP contribution in [0.5, 0.6) is 0 Å². The summed E-state index contributed by atoms with van der Waals surface area (Å²) in [7, 11) is 0. The zero-order chi connectivity index (χ0) is 30.5. The van der Waals surface area contributed by atoms with Crippen LogP contribution in [-0.4, -0.2) is 26.3 Å². The van der Waals surface area contributed by atoms with Crippen LogP contribution in [0.25, 0.3) is 10.1 Å². The number of carbonyl (C=O) groups is 2. The Morgan fingerprint density at radius 1 is 0.955 bits per heavy atom. The molecule has 1 N–H and O–H groups in total. The van der Waals surface area contributed by atoms with Crippen LogP contribution < -0.4 is 10.2 Å². The number of hydrogen-bond donors (Lipinski definition) is 1. The van der Waals surface area contributed by atoms with Crippen molar-refractivity contribution in [3.05, 3.63) is 148 Å². The van der Waals surface area contributed by atoms with E-state index in [9.17, 15) is 9.59 Å². The number of carbonyl (C=O) groups excluding carboxylic acids is 2. The summed E-state index contributed by atoms with van der Waals surface area (Å²) in [5, 5.41) is 13.4. The lowest BCUT2D eigenvalue weighted by Gasteiger charge is -2.24. The minimum Gasteiger partial charge on any atom is -0.347 e. The topological polar surface area (TPSA) is 104 Å². The molecular formula is C34H25ClN6O2S. The van der Waals surface area contributed by atoms with Gasteiger partial charge in [0, 0.05) is 52.7 Å². The van der Waals surface area contributed by atoms with Crippen LogP contribution in [0.15, 0.2) is 110 Å². The molecule has 3 aromatic carbocycles. The number of imidazole rings is 1. The Kier molecular flexibility index (Phi) is 8.46. The van der Waals surface area contributed by atoms with E-state index in [-0.39, 0.29) is 18.4 Å². The fourth-order valence-electron chi connectivity index (χ4n) is 4.81. The molecule has 0 fully saturated rings. The molecule has 216 valence electrons. The first-order valence-corrected chi connectivity index (χ1v) is 14.9. The second-order valence-electron chi connectivity index (χ2n) is 10.1. The Hall–Kier alpha value is -5.30. The number of rotatable bonds is 9. The maximum absolute atomic E-state index is 14.0. The van der Waals surface area contributed by atoms with Gasteiger partial charge in [-0.15, -0.1) is 11.3 Å². The number of fused-ring (bicyclic) bond motifs is 1. The van der Waals surface area contributed by atoms with Gasteiger partial charge in [0.05, 0.1) is 35.1 Å². The quantitative estimate of drug-likeness (QED) is 0.191. The summed E-state index contributed by atoms with van der Waals surface area (Å²) in [6, 6.07) is 27.7. The van der Waals surface area contributed by atoms with Gasteiger partial charge in [-0.05, 0) is 77.2 Å². The summed E-state index contributed by atoms with van der Waals surface area (Å²) in [5.41, 5.74) is 4.47. The fraction of sp³-hybridized carbons (Fsp3) is 0.0882. The zero-order valence-electron chi connectivity index (χ0n) is 23.4. The van der Waals surface area contributed by atoms with Crippen molar-refractivity contribution in [3.63, 3.8) is 0 Å². The second-order valence-corrected chi connectivity index (χ2v) is 11.6. The van der Waals surface area contributed by atoms with Gasteiger partial charge < -0.3 is 14.8 Å². The molecule has 44 heavy (non-hydrogen) atoms. The van der Waals surface area contributed by atoms with Crippen LogP contribution >= 0.6 is 22.9 Å². The van der Waals surface area contributed by atoms with Crippen LogP contribution in [0, 0.1) is 11.3 Å². The molecule has 0 aliphatic carbocycles. The summed E-state index contributed by atoms with van der Waals surface area (Å²) >= 11 is 7.65. The third-order valence-electron chi connectivity index (χ3n) is 7.08. The van der Waals surface area contributed by atoms with Crippen LogP contribution in [0.1, 0.15) is 42.4 Å². The van der Waals surface area contributed by atoms with E-state index in [0.717, 1.165) is 26.9 Å². The van der Waals surface area contributed by atoms with Gasteiger partial charge in [-0.25, -0.2) is 4.98 Å². The molecule has 2 amide bonds. The highest BCUT2D eigenvalue weighted by Crippen LogP contribution is 2.31. The standard InChI is InChI=1S/C34H25ClN6O2S/c35-28-5-1-4-26(13-28)34(43)41(21-30-19-38-22-40(30)20-24-8-6-23(16-36)7-9-24)29-10-11-31-27(14-29)15-32(44-31)33(42)39-18-25-3-2-12-37-17-25/h1-15,17,19,22H,18,20-21H2,(H,39,42).